The number of phenolic OH excluding ortho intramolecular Hbond substituents is 1. The normalized spacial score (nSPS) is 11.6. The van der Waals surface area contributed by atoms with E-state index in [1.807, 2.05) is 18.2 Å². The van der Waals surface area contributed by atoms with Crippen molar-refractivity contribution in [2.75, 3.05) is 0 Å². The molecule has 0 bridgehead atoms. The molecule has 112 valence electrons. The van der Waals surface area contributed by atoms with Crippen LogP contribution in [0.3, 0.4) is 0 Å². The predicted octanol–water partition coefficient (Wildman–Crippen LogP) is 5.04. The fourth-order valence-corrected chi connectivity index (χ4v) is 3.25. The molecule has 0 aliphatic heterocycles. The summed E-state index contributed by atoms with van der Waals surface area (Å²) < 4.78 is 0. The minimum atomic E-state index is 0.00928. The Labute approximate surface area is 128 Å². The van der Waals surface area contributed by atoms with Crippen LogP contribution < -0.4 is 0 Å². The van der Waals surface area contributed by atoms with Crippen molar-refractivity contribution in [1.29, 1.82) is 0 Å². The van der Waals surface area contributed by atoms with Crippen molar-refractivity contribution < 1.29 is 5.11 Å². The average Bonchev–Trinajstić information content (AvgIpc) is 2.48. The number of hydrogen-bond acceptors (Lipinski definition) is 1. The van der Waals surface area contributed by atoms with Crippen LogP contribution in [0.4, 0.5) is 0 Å². The summed E-state index contributed by atoms with van der Waals surface area (Å²) in [6.07, 6.45) is 2.98. The highest BCUT2D eigenvalue weighted by Crippen LogP contribution is 2.34. The minimum absolute atomic E-state index is 0.00928. The molecule has 0 aliphatic rings. The monoisotopic (exact) mass is 282 g/mol. The molecule has 1 heteroatoms. The van der Waals surface area contributed by atoms with Crippen LogP contribution in [0.15, 0.2) is 42.5 Å². The van der Waals surface area contributed by atoms with E-state index in [0.717, 1.165) is 24.8 Å². The Morgan fingerprint density at radius 1 is 0.857 bits per heavy atom. The topological polar surface area (TPSA) is 20.2 Å². The first-order valence-corrected chi connectivity index (χ1v) is 7.87. The second-order valence-electron chi connectivity index (χ2n) is 6.34. The van der Waals surface area contributed by atoms with Crippen LogP contribution >= 0.6 is 0 Å². The Bertz CT molecular complexity index is 611. The first kappa shape index (κ1) is 15.6. The molecule has 0 spiro atoms. The maximum atomic E-state index is 10.0. The molecule has 0 saturated heterocycles. The SMILES string of the molecule is CCc1cccc(C(C)(C)Cc2ccccc2O)c1CC. The molecule has 2 aromatic carbocycles. The third kappa shape index (κ3) is 3.29. The van der Waals surface area contributed by atoms with E-state index in [2.05, 4.69) is 45.9 Å². The second kappa shape index (κ2) is 6.34. The molecule has 0 heterocycles. The number of rotatable bonds is 5. The van der Waals surface area contributed by atoms with Crippen molar-refractivity contribution >= 4 is 0 Å². The summed E-state index contributed by atoms with van der Waals surface area (Å²) in [6.45, 7) is 8.99. The van der Waals surface area contributed by atoms with Crippen molar-refractivity contribution in [2.45, 2.75) is 52.4 Å². The lowest BCUT2D eigenvalue weighted by molar-refractivity contribution is 0.449. The van der Waals surface area contributed by atoms with Crippen LogP contribution in [0.5, 0.6) is 5.75 Å². The molecular formula is C20H26O. The van der Waals surface area contributed by atoms with Crippen molar-refractivity contribution in [2.24, 2.45) is 0 Å². The summed E-state index contributed by atoms with van der Waals surface area (Å²) >= 11 is 0. The highest BCUT2D eigenvalue weighted by atomic mass is 16.3. The maximum absolute atomic E-state index is 10.0. The molecule has 21 heavy (non-hydrogen) atoms. The molecule has 1 N–H and O–H groups in total. The van der Waals surface area contributed by atoms with Gasteiger partial charge in [-0.2, -0.15) is 0 Å². The van der Waals surface area contributed by atoms with Gasteiger partial charge in [0.2, 0.25) is 0 Å². The molecule has 0 amide bonds. The summed E-state index contributed by atoms with van der Waals surface area (Å²) in [7, 11) is 0. The van der Waals surface area contributed by atoms with E-state index >= 15 is 0 Å². The van der Waals surface area contributed by atoms with E-state index in [1.54, 1.807) is 6.07 Å². The van der Waals surface area contributed by atoms with Gasteiger partial charge in [0.1, 0.15) is 5.75 Å². The van der Waals surface area contributed by atoms with Crippen LogP contribution in [-0.4, -0.2) is 5.11 Å². The molecule has 0 atom stereocenters. The largest absolute Gasteiger partial charge is 0.508 e. The lowest BCUT2D eigenvalue weighted by atomic mass is 9.75. The Morgan fingerprint density at radius 3 is 2.14 bits per heavy atom. The maximum Gasteiger partial charge on any atom is 0.118 e. The van der Waals surface area contributed by atoms with Gasteiger partial charge in [-0.05, 0) is 53.0 Å². The summed E-state index contributed by atoms with van der Waals surface area (Å²) in [5.74, 6) is 0.398. The predicted molar refractivity (Wildman–Crippen MR) is 90.0 cm³/mol. The summed E-state index contributed by atoms with van der Waals surface area (Å²) in [6, 6.07) is 14.3. The zero-order chi connectivity index (χ0) is 15.5. The van der Waals surface area contributed by atoms with Gasteiger partial charge in [-0.1, -0.05) is 64.1 Å². The Morgan fingerprint density at radius 2 is 1.52 bits per heavy atom. The van der Waals surface area contributed by atoms with Crippen LogP contribution in [0.25, 0.3) is 0 Å². The van der Waals surface area contributed by atoms with Gasteiger partial charge in [0.05, 0.1) is 0 Å². The molecule has 0 saturated carbocycles. The Kier molecular flexibility index (Phi) is 4.72. The van der Waals surface area contributed by atoms with E-state index in [-0.39, 0.29) is 5.41 Å². The molecule has 0 unspecified atom stereocenters. The van der Waals surface area contributed by atoms with Crippen LogP contribution in [0, 0.1) is 0 Å². The number of aromatic hydroxyl groups is 1. The van der Waals surface area contributed by atoms with E-state index in [9.17, 15) is 5.11 Å². The number of hydrogen-bond donors (Lipinski definition) is 1. The zero-order valence-electron chi connectivity index (χ0n) is 13.6. The summed E-state index contributed by atoms with van der Waals surface area (Å²) in [4.78, 5) is 0. The van der Waals surface area contributed by atoms with Crippen LogP contribution in [-0.2, 0) is 24.7 Å². The van der Waals surface area contributed by atoms with Gasteiger partial charge < -0.3 is 5.11 Å². The number of phenols is 1. The Balaban J connectivity index is 2.42. The van der Waals surface area contributed by atoms with Crippen LogP contribution in [0.2, 0.25) is 0 Å². The molecular weight excluding hydrogens is 256 g/mol. The zero-order valence-corrected chi connectivity index (χ0v) is 13.6. The third-order valence-electron chi connectivity index (χ3n) is 4.36. The molecule has 2 rings (SSSR count). The van der Waals surface area contributed by atoms with Crippen molar-refractivity contribution in [3.63, 3.8) is 0 Å². The van der Waals surface area contributed by atoms with Crippen molar-refractivity contribution in [1.82, 2.24) is 0 Å². The van der Waals surface area contributed by atoms with Crippen molar-refractivity contribution in [3.05, 3.63) is 64.7 Å². The molecule has 0 aliphatic carbocycles. The molecule has 0 aromatic heterocycles. The highest BCUT2D eigenvalue weighted by Gasteiger charge is 2.25. The van der Waals surface area contributed by atoms with Gasteiger partial charge in [0.15, 0.2) is 0 Å². The standard InChI is InChI=1S/C20H26O/c1-5-15-11-9-12-18(17(15)6-2)20(3,4)14-16-10-7-8-13-19(16)21/h7-13,21H,5-6,14H2,1-4H3. The molecule has 0 radical (unpaired) electrons. The van der Waals surface area contributed by atoms with Gasteiger partial charge in [-0.3, -0.25) is 0 Å². The van der Waals surface area contributed by atoms with E-state index in [1.165, 1.54) is 16.7 Å². The first-order valence-electron chi connectivity index (χ1n) is 7.87. The lowest BCUT2D eigenvalue weighted by Gasteiger charge is -2.29. The minimum Gasteiger partial charge on any atom is -0.508 e. The van der Waals surface area contributed by atoms with E-state index < -0.39 is 0 Å². The quantitative estimate of drug-likeness (QED) is 0.814. The first-order chi connectivity index (χ1) is 9.99. The van der Waals surface area contributed by atoms with Crippen LogP contribution in [0.1, 0.15) is 49.9 Å². The molecule has 2 aromatic rings. The third-order valence-corrected chi connectivity index (χ3v) is 4.36. The smallest absolute Gasteiger partial charge is 0.118 e. The summed E-state index contributed by atoms with van der Waals surface area (Å²) in [5.41, 5.74) is 5.36. The Hall–Kier alpha value is -1.76. The van der Waals surface area contributed by atoms with Crippen molar-refractivity contribution in [3.8, 4) is 5.75 Å². The van der Waals surface area contributed by atoms with E-state index in [0.29, 0.717) is 5.75 Å². The highest BCUT2D eigenvalue weighted by molar-refractivity contribution is 5.42. The average molecular weight is 282 g/mol. The van der Waals surface area contributed by atoms with E-state index in [4.69, 9.17) is 0 Å². The van der Waals surface area contributed by atoms with Gasteiger partial charge in [-0.25, -0.2) is 0 Å². The lowest BCUT2D eigenvalue weighted by Crippen LogP contribution is -2.23. The van der Waals surface area contributed by atoms with Gasteiger partial charge in [0, 0.05) is 0 Å². The van der Waals surface area contributed by atoms with Gasteiger partial charge in [0.25, 0.3) is 0 Å². The van der Waals surface area contributed by atoms with Gasteiger partial charge in [-0.15, -0.1) is 0 Å². The number of aryl methyl sites for hydroxylation is 1. The number of benzene rings is 2. The van der Waals surface area contributed by atoms with Gasteiger partial charge >= 0.3 is 0 Å². The summed E-state index contributed by atoms with van der Waals surface area (Å²) in [5, 5.41) is 10.0. The number of para-hydroxylation sites is 1. The fraction of sp³-hybridized carbons (Fsp3) is 0.400. The fourth-order valence-electron chi connectivity index (χ4n) is 3.25. The molecule has 0 fully saturated rings. The second-order valence-corrected chi connectivity index (χ2v) is 6.34. The molecule has 1 nitrogen and oxygen atoms in total.